The predicted octanol–water partition coefficient (Wildman–Crippen LogP) is 1.89. The van der Waals surface area contributed by atoms with Crippen LogP contribution in [0.5, 0.6) is 0 Å². The fraction of sp³-hybridized carbons (Fsp3) is 0.231. The van der Waals surface area contributed by atoms with Crippen LogP contribution >= 0.6 is 0 Å². The minimum atomic E-state index is 0.0627. The highest BCUT2D eigenvalue weighted by molar-refractivity contribution is 5.93. The van der Waals surface area contributed by atoms with Gasteiger partial charge in [0.05, 0.1) is 18.1 Å². The number of nitrogens with one attached hydrogen (secondary N) is 1. The van der Waals surface area contributed by atoms with Crippen molar-refractivity contribution in [1.82, 2.24) is 15.0 Å². The molecule has 1 saturated carbocycles. The Kier molecular flexibility index (Phi) is 2.72. The van der Waals surface area contributed by atoms with Crippen molar-refractivity contribution in [3.8, 4) is 11.4 Å². The SMILES string of the molecule is O=C(Nc1cnc(-c2cccnc2)nc1)C1CC1. The second kappa shape index (κ2) is 4.52. The van der Waals surface area contributed by atoms with E-state index >= 15 is 0 Å². The highest BCUT2D eigenvalue weighted by Crippen LogP contribution is 2.30. The quantitative estimate of drug-likeness (QED) is 0.889. The van der Waals surface area contributed by atoms with Gasteiger partial charge in [-0.05, 0) is 25.0 Å². The third kappa shape index (κ3) is 2.34. The summed E-state index contributed by atoms with van der Waals surface area (Å²) < 4.78 is 0. The molecule has 0 saturated heterocycles. The summed E-state index contributed by atoms with van der Waals surface area (Å²) in [6.07, 6.45) is 8.62. The van der Waals surface area contributed by atoms with Crippen LogP contribution in [-0.4, -0.2) is 20.9 Å². The number of nitrogens with zero attached hydrogens (tertiary/aromatic N) is 3. The number of aromatic nitrogens is 3. The first-order valence-electron chi connectivity index (χ1n) is 5.86. The molecule has 90 valence electrons. The van der Waals surface area contributed by atoms with Gasteiger partial charge in [0.1, 0.15) is 0 Å². The number of hydrogen-bond acceptors (Lipinski definition) is 4. The maximum atomic E-state index is 11.6. The molecule has 2 aromatic heterocycles. The summed E-state index contributed by atoms with van der Waals surface area (Å²) in [5.41, 5.74) is 1.50. The first kappa shape index (κ1) is 10.8. The average molecular weight is 240 g/mol. The summed E-state index contributed by atoms with van der Waals surface area (Å²) >= 11 is 0. The summed E-state index contributed by atoms with van der Waals surface area (Å²) in [4.78, 5) is 24.0. The number of pyridine rings is 1. The normalized spacial score (nSPS) is 14.2. The number of rotatable bonds is 3. The smallest absolute Gasteiger partial charge is 0.227 e. The molecule has 1 amide bonds. The van der Waals surface area contributed by atoms with Crippen molar-refractivity contribution >= 4 is 11.6 Å². The lowest BCUT2D eigenvalue weighted by atomic mass is 10.2. The van der Waals surface area contributed by atoms with Crippen molar-refractivity contribution in [2.75, 3.05) is 5.32 Å². The predicted molar refractivity (Wildman–Crippen MR) is 66.6 cm³/mol. The Labute approximate surface area is 104 Å². The van der Waals surface area contributed by atoms with Gasteiger partial charge in [-0.25, -0.2) is 9.97 Å². The van der Waals surface area contributed by atoms with Crippen LogP contribution in [0, 0.1) is 5.92 Å². The first-order chi connectivity index (χ1) is 8.83. The van der Waals surface area contributed by atoms with E-state index in [1.165, 1.54) is 0 Å². The van der Waals surface area contributed by atoms with E-state index in [1.807, 2.05) is 12.1 Å². The van der Waals surface area contributed by atoms with Crippen LogP contribution in [0.15, 0.2) is 36.9 Å². The van der Waals surface area contributed by atoms with Gasteiger partial charge in [-0.2, -0.15) is 0 Å². The Balaban J connectivity index is 1.74. The summed E-state index contributed by atoms with van der Waals surface area (Å²) in [6.45, 7) is 0. The lowest BCUT2D eigenvalue weighted by Crippen LogP contribution is -2.13. The molecule has 0 bridgehead atoms. The molecule has 1 fully saturated rings. The van der Waals surface area contributed by atoms with Crippen LogP contribution in [0.3, 0.4) is 0 Å². The molecule has 18 heavy (non-hydrogen) atoms. The molecule has 1 aliphatic carbocycles. The second-order valence-electron chi connectivity index (χ2n) is 4.30. The average Bonchev–Trinajstić information content (AvgIpc) is 3.25. The van der Waals surface area contributed by atoms with E-state index in [2.05, 4.69) is 20.3 Å². The van der Waals surface area contributed by atoms with Gasteiger partial charge in [0.15, 0.2) is 5.82 Å². The summed E-state index contributed by atoms with van der Waals surface area (Å²) in [5, 5.41) is 2.80. The zero-order valence-electron chi connectivity index (χ0n) is 9.71. The number of carbonyl (C=O) groups is 1. The Bertz CT molecular complexity index is 549. The Morgan fingerprint density at radius 3 is 2.61 bits per heavy atom. The minimum absolute atomic E-state index is 0.0627. The summed E-state index contributed by atoms with van der Waals surface area (Å²) in [7, 11) is 0. The Morgan fingerprint density at radius 2 is 2.00 bits per heavy atom. The fourth-order valence-electron chi connectivity index (χ4n) is 1.63. The minimum Gasteiger partial charge on any atom is -0.323 e. The van der Waals surface area contributed by atoms with Gasteiger partial charge in [-0.15, -0.1) is 0 Å². The number of carbonyl (C=O) groups excluding carboxylic acids is 1. The lowest BCUT2D eigenvalue weighted by molar-refractivity contribution is -0.117. The summed E-state index contributed by atoms with van der Waals surface area (Å²) in [5.74, 6) is 0.850. The monoisotopic (exact) mass is 240 g/mol. The maximum Gasteiger partial charge on any atom is 0.227 e. The summed E-state index contributed by atoms with van der Waals surface area (Å²) in [6, 6.07) is 3.73. The molecular weight excluding hydrogens is 228 g/mol. The third-order valence-electron chi connectivity index (χ3n) is 2.79. The van der Waals surface area contributed by atoms with Crippen molar-refractivity contribution in [2.45, 2.75) is 12.8 Å². The van der Waals surface area contributed by atoms with E-state index in [0.717, 1.165) is 18.4 Å². The van der Waals surface area contributed by atoms with Crippen molar-refractivity contribution in [3.05, 3.63) is 36.9 Å². The van der Waals surface area contributed by atoms with Crippen LogP contribution in [0.4, 0.5) is 5.69 Å². The van der Waals surface area contributed by atoms with Crippen LogP contribution < -0.4 is 5.32 Å². The van der Waals surface area contributed by atoms with Gasteiger partial charge < -0.3 is 5.32 Å². The van der Waals surface area contributed by atoms with E-state index < -0.39 is 0 Å². The van der Waals surface area contributed by atoms with Gasteiger partial charge >= 0.3 is 0 Å². The molecule has 5 nitrogen and oxygen atoms in total. The van der Waals surface area contributed by atoms with Crippen molar-refractivity contribution in [3.63, 3.8) is 0 Å². The highest BCUT2D eigenvalue weighted by Gasteiger charge is 2.29. The topological polar surface area (TPSA) is 67.8 Å². The first-order valence-corrected chi connectivity index (χ1v) is 5.86. The molecule has 5 heteroatoms. The molecule has 0 aliphatic heterocycles. The van der Waals surface area contributed by atoms with E-state index in [-0.39, 0.29) is 11.8 Å². The number of anilines is 1. The zero-order chi connectivity index (χ0) is 12.4. The van der Waals surface area contributed by atoms with Crippen LogP contribution in [-0.2, 0) is 4.79 Å². The maximum absolute atomic E-state index is 11.6. The van der Waals surface area contributed by atoms with E-state index in [9.17, 15) is 4.79 Å². The van der Waals surface area contributed by atoms with Crippen molar-refractivity contribution in [1.29, 1.82) is 0 Å². The van der Waals surface area contributed by atoms with E-state index in [4.69, 9.17) is 0 Å². The molecule has 1 aliphatic rings. The van der Waals surface area contributed by atoms with E-state index in [1.54, 1.807) is 24.8 Å². The highest BCUT2D eigenvalue weighted by atomic mass is 16.2. The van der Waals surface area contributed by atoms with Crippen LogP contribution in [0.25, 0.3) is 11.4 Å². The van der Waals surface area contributed by atoms with Gasteiger partial charge in [0.2, 0.25) is 5.91 Å². The number of hydrogen-bond donors (Lipinski definition) is 1. The van der Waals surface area contributed by atoms with E-state index in [0.29, 0.717) is 11.5 Å². The Hall–Kier alpha value is -2.30. The van der Waals surface area contributed by atoms with Crippen molar-refractivity contribution in [2.24, 2.45) is 5.92 Å². The van der Waals surface area contributed by atoms with Crippen LogP contribution in [0.1, 0.15) is 12.8 Å². The molecule has 0 radical (unpaired) electrons. The third-order valence-corrected chi connectivity index (χ3v) is 2.79. The largest absolute Gasteiger partial charge is 0.323 e. The number of amides is 1. The molecule has 2 heterocycles. The standard InChI is InChI=1S/C13H12N4O/c18-13(9-3-4-9)17-11-7-15-12(16-8-11)10-2-1-5-14-6-10/h1-2,5-9H,3-4H2,(H,17,18). The van der Waals surface area contributed by atoms with Gasteiger partial charge in [0, 0.05) is 23.9 Å². The van der Waals surface area contributed by atoms with Gasteiger partial charge in [0.25, 0.3) is 0 Å². The molecule has 0 unspecified atom stereocenters. The molecule has 1 N–H and O–H groups in total. The molecule has 0 aromatic carbocycles. The Morgan fingerprint density at radius 1 is 1.22 bits per heavy atom. The van der Waals surface area contributed by atoms with Gasteiger partial charge in [-0.1, -0.05) is 0 Å². The molecule has 2 aromatic rings. The molecule has 0 atom stereocenters. The second-order valence-corrected chi connectivity index (χ2v) is 4.30. The fourth-order valence-corrected chi connectivity index (χ4v) is 1.63. The van der Waals surface area contributed by atoms with Gasteiger partial charge in [-0.3, -0.25) is 9.78 Å². The molecular formula is C13H12N4O. The van der Waals surface area contributed by atoms with Crippen LogP contribution in [0.2, 0.25) is 0 Å². The molecule has 3 rings (SSSR count). The lowest BCUT2D eigenvalue weighted by Gasteiger charge is -2.04. The zero-order valence-corrected chi connectivity index (χ0v) is 9.71. The molecule has 0 spiro atoms. The van der Waals surface area contributed by atoms with Crippen molar-refractivity contribution < 1.29 is 4.79 Å².